The smallest absolute Gasteiger partial charge is 0.305 e. The second kappa shape index (κ2) is 13.7. The number of hydrogen-bond acceptors (Lipinski definition) is 3. The zero-order valence-electron chi connectivity index (χ0n) is 11.1. The zero-order chi connectivity index (χ0) is 14.4. The standard InChI is InChI=1S/C10H20O2.C2H3Cl3O/c1-3-5-6-7-8-9-10(11)12-4-2;3-2(4,5)1-6/h3-9H2,1-2H3;6H,1H2. The van der Waals surface area contributed by atoms with E-state index in [0.717, 1.165) is 12.8 Å². The first kappa shape index (κ1) is 20.6. The summed E-state index contributed by atoms with van der Waals surface area (Å²) >= 11 is 15.0. The van der Waals surface area contributed by atoms with Crippen molar-refractivity contribution in [2.24, 2.45) is 0 Å². The van der Waals surface area contributed by atoms with Gasteiger partial charge in [-0.05, 0) is 13.3 Å². The monoisotopic (exact) mass is 320 g/mol. The van der Waals surface area contributed by atoms with Gasteiger partial charge in [-0.3, -0.25) is 4.79 Å². The van der Waals surface area contributed by atoms with E-state index < -0.39 is 10.4 Å². The van der Waals surface area contributed by atoms with Crippen molar-refractivity contribution in [2.45, 2.75) is 56.2 Å². The van der Waals surface area contributed by atoms with Crippen LogP contribution in [0.4, 0.5) is 0 Å². The maximum Gasteiger partial charge on any atom is 0.305 e. The van der Waals surface area contributed by atoms with Crippen molar-refractivity contribution in [3.63, 3.8) is 0 Å². The minimum atomic E-state index is -1.49. The summed E-state index contributed by atoms with van der Waals surface area (Å²) in [4.78, 5) is 10.9. The number of rotatable bonds is 7. The summed E-state index contributed by atoms with van der Waals surface area (Å²) in [6, 6.07) is 0. The van der Waals surface area contributed by atoms with Gasteiger partial charge in [0.15, 0.2) is 0 Å². The van der Waals surface area contributed by atoms with Crippen LogP contribution >= 0.6 is 34.8 Å². The highest BCUT2D eigenvalue weighted by Crippen LogP contribution is 2.23. The average molecular weight is 322 g/mol. The number of halogens is 3. The quantitative estimate of drug-likeness (QED) is 0.433. The van der Waals surface area contributed by atoms with Crippen LogP contribution in [0.2, 0.25) is 0 Å². The van der Waals surface area contributed by atoms with Crippen LogP contribution in [0.5, 0.6) is 0 Å². The van der Waals surface area contributed by atoms with Crippen molar-refractivity contribution in [2.75, 3.05) is 13.2 Å². The number of aliphatic hydroxyl groups excluding tert-OH is 1. The second-order valence-electron chi connectivity index (χ2n) is 3.74. The molecule has 0 heterocycles. The molecule has 0 rings (SSSR count). The van der Waals surface area contributed by atoms with Crippen molar-refractivity contribution in [1.82, 2.24) is 0 Å². The fraction of sp³-hybridized carbons (Fsp3) is 0.917. The summed E-state index contributed by atoms with van der Waals surface area (Å²) in [6.45, 7) is 4.10. The van der Waals surface area contributed by atoms with Crippen molar-refractivity contribution in [3.05, 3.63) is 0 Å². The van der Waals surface area contributed by atoms with E-state index in [9.17, 15) is 4.79 Å². The summed E-state index contributed by atoms with van der Waals surface area (Å²) in [5.41, 5.74) is 0. The Hall–Kier alpha value is 0.300. The SMILES string of the molecule is CCCCCCCC(=O)OCC.OCC(Cl)(Cl)Cl. The molecule has 110 valence electrons. The highest BCUT2D eigenvalue weighted by molar-refractivity contribution is 6.67. The Labute approximate surface area is 125 Å². The molecule has 0 amide bonds. The van der Waals surface area contributed by atoms with Crippen LogP contribution in [-0.2, 0) is 9.53 Å². The molecule has 0 aliphatic carbocycles. The summed E-state index contributed by atoms with van der Waals surface area (Å²) < 4.78 is 3.32. The molecule has 0 unspecified atom stereocenters. The third-order valence-electron chi connectivity index (χ3n) is 1.97. The Bertz CT molecular complexity index is 193. The molecule has 3 nitrogen and oxygen atoms in total. The van der Waals surface area contributed by atoms with E-state index in [1.54, 1.807) is 0 Å². The normalized spacial score (nSPS) is 10.6. The molecule has 0 aromatic heterocycles. The molecular weight excluding hydrogens is 298 g/mol. The van der Waals surface area contributed by atoms with Crippen LogP contribution in [0.25, 0.3) is 0 Å². The number of esters is 1. The number of hydrogen-bond donors (Lipinski definition) is 1. The Balaban J connectivity index is 0. The minimum absolute atomic E-state index is 0.0472. The van der Waals surface area contributed by atoms with Gasteiger partial charge < -0.3 is 9.84 Å². The van der Waals surface area contributed by atoms with E-state index >= 15 is 0 Å². The number of aliphatic hydroxyl groups is 1. The lowest BCUT2D eigenvalue weighted by atomic mass is 10.1. The van der Waals surface area contributed by atoms with Gasteiger partial charge in [-0.25, -0.2) is 0 Å². The molecule has 0 atom stereocenters. The summed E-state index contributed by atoms with van der Waals surface area (Å²) in [5, 5.41) is 8.01. The highest BCUT2D eigenvalue weighted by atomic mass is 35.6. The summed E-state index contributed by atoms with van der Waals surface area (Å²) in [5.74, 6) is -0.0472. The Morgan fingerprint density at radius 1 is 1.11 bits per heavy atom. The average Bonchev–Trinajstić information content (AvgIpc) is 2.29. The van der Waals surface area contributed by atoms with Crippen LogP contribution in [0.1, 0.15) is 52.4 Å². The third kappa shape index (κ3) is 21.6. The number of carbonyl (C=O) groups excluding carboxylic acids is 1. The number of carbonyl (C=O) groups is 1. The molecule has 0 spiro atoms. The van der Waals surface area contributed by atoms with Crippen molar-refractivity contribution < 1.29 is 14.6 Å². The maximum atomic E-state index is 10.9. The molecule has 0 fully saturated rings. The van der Waals surface area contributed by atoms with Crippen LogP contribution in [-0.4, -0.2) is 28.1 Å². The van der Waals surface area contributed by atoms with E-state index in [4.69, 9.17) is 44.6 Å². The molecule has 18 heavy (non-hydrogen) atoms. The Morgan fingerprint density at radius 2 is 1.61 bits per heavy atom. The number of alkyl halides is 3. The zero-order valence-corrected chi connectivity index (χ0v) is 13.3. The molecule has 0 aliphatic rings. The molecule has 0 radical (unpaired) electrons. The van der Waals surface area contributed by atoms with Gasteiger partial charge >= 0.3 is 5.97 Å². The molecule has 0 aromatic carbocycles. The first-order valence-corrected chi connectivity index (χ1v) is 7.34. The lowest BCUT2D eigenvalue weighted by molar-refractivity contribution is -0.143. The van der Waals surface area contributed by atoms with E-state index in [2.05, 4.69) is 6.92 Å². The second-order valence-corrected chi connectivity index (χ2v) is 6.26. The Kier molecular flexibility index (Phi) is 15.7. The van der Waals surface area contributed by atoms with Gasteiger partial charge in [0.1, 0.15) is 0 Å². The lowest BCUT2D eigenvalue weighted by Crippen LogP contribution is -2.06. The van der Waals surface area contributed by atoms with Crippen LogP contribution in [0.3, 0.4) is 0 Å². The van der Waals surface area contributed by atoms with Crippen molar-refractivity contribution in [3.8, 4) is 0 Å². The maximum absolute atomic E-state index is 10.9. The van der Waals surface area contributed by atoms with E-state index in [-0.39, 0.29) is 5.97 Å². The number of unbranched alkanes of at least 4 members (excludes halogenated alkanes) is 4. The van der Waals surface area contributed by atoms with Gasteiger partial charge in [-0.1, -0.05) is 67.4 Å². The first-order chi connectivity index (χ1) is 8.37. The van der Waals surface area contributed by atoms with E-state index in [0.29, 0.717) is 13.0 Å². The molecule has 1 N–H and O–H groups in total. The van der Waals surface area contributed by atoms with E-state index in [1.165, 1.54) is 19.3 Å². The van der Waals surface area contributed by atoms with Crippen LogP contribution < -0.4 is 0 Å². The molecule has 0 saturated carbocycles. The predicted molar refractivity (Wildman–Crippen MR) is 77.4 cm³/mol. The highest BCUT2D eigenvalue weighted by Gasteiger charge is 2.16. The van der Waals surface area contributed by atoms with Crippen molar-refractivity contribution >= 4 is 40.8 Å². The van der Waals surface area contributed by atoms with Gasteiger partial charge in [0.25, 0.3) is 0 Å². The molecule has 0 bridgehead atoms. The van der Waals surface area contributed by atoms with Gasteiger partial charge in [0.2, 0.25) is 3.79 Å². The summed E-state index contributed by atoms with van der Waals surface area (Å²) in [6.07, 6.45) is 6.52. The topological polar surface area (TPSA) is 46.5 Å². The predicted octanol–water partition coefficient (Wildman–Crippen LogP) is 4.26. The minimum Gasteiger partial charge on any atom is -0.466 e. The molecule has 0 saturated heterocycles. The fourth-order valence-corrected chi connectivity index (χ4v) is 1.11. The van der Waals surface area contributed by atoms with Gasteiger partial charge in [-0.15, -0.1) is 0 Å². The van der Waals surface area contributed by atoms with Gasteiger partial charge in [0, 0.05) is 6.42 Å². The third-order valence-corrected chi connectivity index (χ3v) is 2.33. The van der Waals surface area contributed by atoms with Gasteiger partial charge in [0.05, 0.1) is 13.2 Å². The van der Waals surface area contributed by atoms with E-state index in [1.807, 2.05) is 6.92 Å². The summed E-state index contributed by atoms with van der Waals surface area (Å²) in [7, 11) is 0. The molecule has 0 aliphatic heterocycles. The van der Waals surface area contributed by atoms with Crippen LogP contribution in [0, 0.1) is 0 Å². The number of ether oxygens (including phenoxy) is 1. The van der Waals surface area contributed by atoms with Crippen molar-refractivity contribution in [1.29, 1.82) is 0 Å². The largest absolute Gasteiger partial charge is 0.466 e. The van der Waals surface area contributed by atoms with Crippen LogP contribution in [0.15, 0.2) is 0 Å². The fourth-order valence-electron chi connectivity index (χ4n) is 1.11. The van der Waals surface area contributed by atoms with Gasteiger partial charge in [-0.2, -0.15) is 0 Å². The molecule has 0 aromatic rings. The lowest BCUT2D eigenvalue weighted by Gasteiger charge is -2.01. The molecular formula is C12H23Cl3O3. The first-order valence-electron chi connectivity index (χ1n) is 6.20. The Morgan fingerprint density at radius 3 is 2.00 bits per heavy atom. The molecule has 6 heteroatoms.